The highest BCUT2D eigenvalue weighted by Gasteiger charge is 2.39. The van der Waals surface area contributed by atoms with Crippen LogP contribution in [0.25, 0.3) is 0 Å². The number of rotatable bonds is 4. The maximum atomic E-state index is 14.6. The summed E-state index contributed by atoms with van der Waals surface area (Å²) >= 11 is 5.78. The van der Waals surface area contributed by atoms with Gasteiger partial charge in [-0.1, -0.05) is 25.4 Å². The van der Waals surface area contributed by atoms with E-state index in [0.29, 0.717) is 32.6 Å². The molecule has 1 fully saturated rings. The smallest absolute Gasteiger partial charge is 0.314 e. The molecule has 1 aliphatic heterocycles. The molecule has 0 aliphatic carbocycles. The summed E-state index contributed by atoms with van der Waals surface area (Å²) in [7, 11) is 0. The Labute approximate surface area is 163 Å². The van der Waals surface area contributed by atoms with Gasteiger partial charge in [-0.15, -0.1) is 24.8 Å². The first kappa shape index (κ1) is 24.7. The van der Waals surface area contributed by atoms with Gasteiger partial charge in [-0.05, 0) is 24.5 Å². The Hall–Kier alpha value is -0.270. The van der Waals surface area contributed by atoms with Crippen molar-refractivity contribution in [3.8, 4) is 0 Å². The van der Waals surface area contributed by atoms with Crippen molar-refractivity contribution in [2.75, 3.05) is 26.2 Å². The fourth-order valence-electron chi connectivity index (χ4n) is 3.03. The molecular formula is C16H23Cl3F4N2. The number of hydrogen-bond donors (Lipinski definition) is 1. The molecule has 1 saturated heterocycles. The minimum atomic E-state index is -4.61. The van der Waals surface area contributed by atoms with E-state index >= 15 is 0 Å². The van der Waals surface area contributed by atoms with Crippen LogP contribution in [-0.4, -0.2) is 31.1 Å². The average Bonchev–Trinajstić information content (AvgIpc) is 2.47. The Morgan fingerprint density at radius 1 is 1.16 bits per heavy atom. The van der Waals surface area contributed by atoms with Crippen molar-refractivity contribution in [1.29, 1.82) is 0 Å². The van der Waals surface area contributed by atoms with E-state index in [0.717, 1.165) is 12.1 Å². The van der Waals surface area contributed by atoms with Crippen molar-refractivity contribution in [3.05, 3.63) is 34.1 Å². The first-order valence-electron chi connectivity index (χ1n) is 7.71. The maximum Gasteiger partial charge on any atom is 0.416 e. The Bertz CT molecular complexity index is 547. The first-order chi connectivity index (χ1) is 10.7. The topological polar surface area (TPSA) is 15.3 Å². The molecule has 1 heterocycles. The summed E-state index contributed by atoms with van der Waals surface area (Å²) < 4.78 is 54.7. The molecule has 1 aromatic carbocycles. The lowest BCUT2D eigenvalue weighted by molar-refractivity contribution is -0.139. The lowest BCUT2D eigenvalue weighted by Gasteiger charge is -2.37. The first-order valence-corrected chi connectivity index (χ1v) is 8.09. The quantitative estimate of drug-likeness (QED) is 0.656. The molecule has 0 spiro atoms. The van der Waals surface area contributed by atoms with Crippen LogP contribution in [0.5, 0.6) is 0 Å². The average molecular weight is 426 g/mol. The number of hydrogen-bond acceptors (Lipinski definition) is 2. The standard InChI is InChI=1S/C16H21ClF4N2.2ClH/c1-10(2)9-13(23-7-5-22-6-8-23)14-11(16(19,20)21)3-4-12(17)15(14)18;;/h3-4,10,13,22H,5-9H2,1-2H3;2*1H/t13-;;/m0../s1. The molecular weight excluding hydrogens is 403 g/mol. The van der Waals surface area contributed by atoms with E-state index in [1.165, 1.54) is 0 Å². The van der Waals surface area contributed by atoms with Gasteiger partial charge in [0, 0.05) is 37.8 Å². The van der Waals surface area contributed by atoms with Gasteiger partial charge in [0.15, 0.2) is 0 Å². The number of alkyl halides is 3. The highest BCUT2D eigenvalue weighted by atomic mass is 35.5. The van der Waals surface area contributed by atoms with E-state index in [4.69, 9.17) is 11.6 Å². The van der Waals surface area contributed by atoms with Crippen molar-refractivity contribution in [1.82, 2.24) is 10.2 Å². The van der Waals surface area contributed by atoms with Crippen molar-refractivity contribution >= 4 is 36.4 Å². The largest absolute Gasteiger partial charge is 0.416 e. The third kappa shape index (κ3) is 6.14. The highest BCUT2D eigenvalue weighted by molar-refractivity contribution is 6.30. The predicted molar refractivity (Wildman–Crippen MR) is 97.5 cm³/mol. The number of halogens is 7. The van der Waals surface area contributed by atoms with Gasteiger partial charge >= 0.3 is 6.18 Å². The number of nitrogens with zero attached hydrogens (tertiary/aromatic N) is 1. The fraction of sp³-hybridized carbons (Fsp3) is 0.625. The van der Waals surface area contributed by atoms with Gasteiger partial charge in [-0.2, -0.15) is 13.2 Å². The van der Waals surface area contributed by atoms with Crippen LogP contribution in [-0.2, 0) is 6.18 Å². The molecule has 0 saturated carbocycles. The Kier molecular flexibility index (Phi) is 10.1. The lowest BCUT2D eigenvalue weighted by atomic mass is 9.91. The van der Waals surface area contributed by atoms with E-state index in [1.807, 2.05) is 18.7 Å². The normalized spacial score (nSPS) is 17.0. The molecule has 0 aromatic heterocycles. The van der Waals surface area contributed by atoms with Crippen LogP contribution in [0.4, 0.5) is 17.6 Å². The fourth-order valence-corrected chi connectivity index (χ4v) is 3.19. The molecule has 9 heteroatoms. The van der Waals surface area contributed by atoms with E-state index in [9.17, 15) is 17.6 Å². The second-order valence-electron chi connectivity index (χ2n) is 6.25. The SMILES string of the molecule is CC(C)C[C@@H](c1c(C(F)(F)F)ccc(Cl)c1F)N1CCNCC1.Cl.Cl. The minimum absolute atomic E-state index is 0. The minimum Gasteiger partial charge on any atom is -0.314 e. The molecule has 146 valence electrons. The van der Waals surface area contributed by atoms with Crippen LogP contribution in [0.15, 0.2) is 12.1 Å². The number of nitrogens with one attached hydrogen (secondary N) is 1. The molecule has 25 heavy (non-hydrogen) atoms. The highest BCUT2D eigenvalue weighted by Crippen LogP contribution is 2.41. The second kappa shape index (κ2) is 10.2. The van der Waals surface area contributed by atoms with Gasteiger partial charge in [-0.3, -0.25) is 4.90 Å². The molecule has 2 nitrogen and oxygen atoms in total. The molecule has 1 N–H and O–H groups in total. The number of benzene rings is 1. The van der Waals surface area contributed by atoms with Gasteiger partial charge in [-0.25, -0.2) is 4.39 Å². The van der Waals surface area contributed by atoms with Crippen LogP contribution >= 0.6 is 36.4 Å². The molecule has 1 aliphatic rings. The van der Waals surface area contributed by atoms with Crippen molar-refractivity contribution in [2.24, 2.45) is 5.92 Å². The van der Waals surface area contributed by atoms with Gasteiger partial charge in [0.05, 0.1) is 10.6 Å². The molecule has 0 amide bonds. The van der Waals surface area contributed by atoms with Gasteiger partial charge in [0.2, 0.25) is 0 Å². The summed E-state index contributed by atoms with van der Waals surface area (Å²) in [6.07, 6.45) is -4.16. The molecule has 0 radical (unpaired) electrons. The zero-order valence-corrected chi connectivity index (χ0v) is 16.4. The number of piperazine rings is 1. The summed E-state index contributed by atoms with van der Waals surface area (Å²) in [5.41, 5.74) is -1.25. The Morgan fingerprint density at radius 2 is 1.72 bits per heavy atom. The molecule has 0 bridgehead atoms. The van der Waals surface area contributed by atoms with Gasteiger partial charge in [0.25, 0.3) is 0 Å². The third-order valence-electron chi connectivity index (χ3n) is 4.06. The van der Waals surface area contributed by atoms with E-state index in [1.54, 1.807) is 0 Å². The molecule has 1 atom stereocenters. The summed E-state index contributed by atoms with van der Waals surface area (Å²) in [6.45, 7) is 6.37. The van der Waals surface area contributed by atoms with Crippen LogP contribution in [0.1, 0.15) is 37.4 Å². The van der Waals surface area contributed by atoms with E-state index < -0.39 is 23.6 Å². The van der Waals surface area contributed by atoms with Crippen molar-refractivity contribution in [3.63, 3.8) is 0 Å². The van der Waals surface area contributed by atoms with Crippen LogP contribution < -0.4 is 5.32 Å². The van der Waals surface area contributed by atoms with Gasteiger partial charge < -0.3 is 5.32 Å². The maximum absolute atomic E-state index is 14.6. The van der Waals surface area contributed by atoms with E-state index in [-0.39, 0.29) is 41.3 Å². The molecule has 1 aromatic rings. The van der Waals surface area contributed by atoms with Crippen molar-refractivity contribution < 1.29 is 17.6 Å². The third-order valence-corrected chi connectivity index (χ3v) is 4.35. The zero-order valence-electron chi connectivity index (χ0n) is 14.0. The van der Waals surface area contributed by atoms with Crippen LogP contribution in [0.3, 0.4) is 0 Å². The molecule has 2 rings (SSSR count). The zero-order chi connectivity index (χ0) is 17.2. The summed E-state index contributed by atoms with van der Waals surface area (Å²) in [5.74, 6) is -0.819. The summed E-state index contributed by atoms with van der Waals surface area (Å²) in [4.78, 5) is 1.92. The van der Waals surface area contributed by atoms with Gasteiger partial charge in [0.1, 0.15) is 5.82 Å². The Balaban J connectivity index is 0.00000288. The summed E-state index contributed by atoms with van der Waals surface area (Å²) in [6, 6.07) is 1.23. The predicted octanol–water partition coefficient (Wildman–Crippen LogP) is 5.33. The second-order valence-corrected chi connectivity index (χ2v) is 6.66. The molecule has 0 unspecified atom stereocenters. The lowest BCUT2D eigenvalue weighted by Crippen LogP contribution is -2.46. The van der Waals surface area contributed by atoms with Crippen LogP contribution in [0.2, 0.25) is 5.02 Å². The van der Waals surface area contributed by atoms with E-state index in [2.05, 4.69) is 5.32 Å². The van der Waals surface area contributed by atoms with Crippen LogP contribution in [0, 0.1) is 11.7 Å². The monoisotopic (exact) mass is 424 g/mol. The summed E-state index contributed by atoms with van der Waals surface area (Å²) in [5, 5.41) is 2.89. The van der Waals surface area contributed by atoms with Crippen molar-refractivity contribution in [2.45, 2.75) is 32.5 Å². The Morgan fingerprint density at radius 3 is 2.20 bits per heavy atom.